The number of carbonyl (C=O) groups excluding carboxylic acids is 1. The number of para-hydroxylation sites is 2. The van der Waals surface area contributed by atoms with Crippen LogP contribution in [0, 0.1) is 0 Å². The number of aromatic nitrogens is 2. The molecule has 0 saturated carbocycles. The molecule has 5 nitrogen and oxygen atoms in total. The molecule has 5 heteroatoms. The first-order chi connectivity index (χ1) is 14.2. The van der Waals surface area contributed by atoms with Crippen LogP contribution in [0.15, 0.2) is 65.5 Å². The molecule has 0 atom stereocenters. The summed E-state index contributed by atoms with van der Waals surface area (Å²) >= 11 is 0. The molecule has 0 fully saturated rings. The van der Waals surface area contributed by atoms with Crippen LogP contribution in [0.5, 0.6) is 0 Å². The average Bonchev–Trinajstić information content (AvgIpc) is 2.75. The molecular formula is C24H26N2O3. The molecule has 0 aliphatic carbocycles. The first kappa shape index (κ1) is 20.5. The summed E-state index contributed by atoms with van der Waals surface area (Å²) < 4.78 is 7.02. The largest absolute Gasteiger partial charge is 0.461 e. The number of nitrogens with zero attached hydrogens (tertiary/aromatic N) is 2. The number of fused-ring (bicyclic) bond motifs is 1. The van der Waals surface area contributed by atoms with Crippen LogP contribution in [0.2, 0.25) is 0 Å². The summed E-state index contributed by atoms with van der Waals surface area (Å²) in [5.74, 6) is -0.336. The van der Waals surface area contributed by atoms with E-state index in [1.165, 1.54) is 0 Å². The Hall–Kier alpha value is -3.21. The van der Waals surface area contributed by atoms with Crippen LogP contribution >= 0.6 is 0 Å². The maximum absolute atomic E-state index is 12.9. The molecule has 0 radical (unpaired) electrons. The fourth-order valence-corrected chi connectivity index (χ4v) is 3.13. The molecule has 0 unspecified atom stereocenters. The van der Waals surface area contributed by atoms with Crippen LogP contribution in [0.3, 0.4) is 0 Å². The molecule has 2 aromatic carbocycles. The molecule has 0 bridgehead atoms. The van der Waals surface area contributed by atoms with Crippen molar-refractivity contribution in [2.24, 2.45) is 0 Å². The second-order valence-corrected chi connectivity index (χ2v) is 6.85. The highest BCUT2D eigenvalue weighted by Crippen LogP contribution is 2.12. The Balaban J connectivity index is 1.62. The molecule has 0 N–H and O–H groups in total. The number of aryl methyl sites for hydroxylation is 2. The van der Waals surface area contributed by atoms with Crippen molar-refractivity contribution in [3.05, 3.63) is 82.3 Å². The molecule has 3 rings (SSSR count). The third kappa shape index (κ3) is 5.64. The number of hydrogen-bond donors (Lipinski definition) is 0. The number of esters is 1. The molecular weight excluding hydrogens is 364 g/mol. The first-order valence-electron chi connectivity index (χ1n) is 10.0. The third-order valence-electron chi connectivity index (χ3n) is 4.67. The minimum absolute atomic E-state index is 0.117. The maximum Gasteiger partial charge on any atom is 0.306 e. The summed E-state index contributed by atoms with van der Waals surface area (Å²) in [5.41, 5.74) is 2.96. The Kier molecular flexibility index (Phi) is 7.34. The van der Waals surface area contributed by atoms with Gasteiger partial charge in [-0.3, -0.25) is 9.59 Å². The van der Waals surface area contributed by atoms with Gasteiger partial charge in [0, 0.05) is 13.0 Å². The van der Waals surface area contributed by atoms with Crippen molar-refractivity contribution in [3.8, 4) is 0 Å². The topological polar surface area (TPSA) is 61.2 Å². The van der Waals surface area contributed by atoms with Gasteiger partial charge >= 0.3 is 5.97 Å². The SMILES string of the molecule is CCCCn1c(=O)c(CCC(=O)OCC=Cc2ccccc2)nc2ccccc21. The normalized spacial score (nSPS) is 11.2. The van der Waals surface area contributed by atoms with Crippen LogP contribution in [-0.2, 0) is 22.5 Å². The van der Waals surface area contributed by atoms with Gasteiger partial charge in [0.05, 0.1) is 17.5 Å². The van der Waals surface area contributed by atoms with Crippen molar-refractivity contribution >= 4 is 23.1 Å². The number of ether oxygens (including phenoxy) is 1. The van der Waals surface area contributed by atoms with Gasteiger partial charge in [-0.1, -0.05) is 61.9 Å². The van der Waals surface area contributed by atoms with Gasteiger partial charge in [0.15, 0.2) is 0 Å². The van der Waals surface area contributed by atoms with Crippen molar-refractivity contribution in [2.75, 3.05) is 6.61 Å². The molecule has 1 aromatic heterocycles. The monoisotopic (exact) mass is 390 g/mol. The molecule has 29 heavy (non-hydrogen) atoms. The van der Waals surface area contributed by atoms with Crippen LogP contribution < -0.4 is 5.56 Å². The van der Waals surface area contributed by atoms with Crippen LogP contribution in [0.4, 0.5) is 0 Å². The Morgan fingerprint density at radius 3 is 2.66 bits per heavy atom. The Bertz CT molecular complexity index is 1040. The highest BCUT2D eigenvalue weighted by atomic mass is 16.5. The van der Waals surface area contributed by atoms with E-state index >= 15 is 0 Å². The number of benzene rings is 2. The van der Waals surface area contributed by atoms with E-state index in [-0.39, 0.29) is 31.0 Å². The van der Waals surface area contributed by atoms with Crippen LogP contribution in [0.25, 0.3) is 17.1 Å². The van der Waals surface area contributed by atoms with Gasteiger partial charge in [0.2, 0.25) is 0 Å². The van der Waals surface area contributed by atoms with Crippen molar-refractivity contribution in [1.82, 2.24) is 9.55 Å². The van der Waals surface area contributed by atoms with E-state index in [2.05, 4.69) is 11.9 Å². The second kappa shape index (κ2) is 10.4. The molecule has 0 aliphatic rings. The zero-order valence-corrected chi connectivity index (χ0v) is 16.7. The van der Waals surface area contributed by atoms with Crippen LogP contribution in [-0.4, -0.2) is 22.1 Å². The van der Waals surface area contributed by atoms with E-state index in [4.69, 9.17) is 4.74 Å². The van der Waals surface area contributed by atoms with Gasteiger partial charge in [0.1, 0.15) is 12.3 Å². The van der Waals surface area contributed by atoms with E-state index in [9.17, 15) is 9.59 Å². The van der Waals surface area contributed by atoms with E-state index in [0.717, 1.165) is 29.4 Å². The standard InChI is InChI=1S/C24H26N2O3/c1-2-3-17-26-22-14-8-7-13-20(22)25-21(24(26)28)15-16-23(27)29-18-9-12-19-10-5-4-6-11-19/h4-14H,2-3,15-18H2,1H3. The fourth-order valence-electron chi connectivity index (χ4n) is 3.13. The molecule has 0 saturated heterocycles. The fraction of sp³-hybridized carbons (Fsp3) is 0.292. The minimum Gasteiger partial charge on any atom is -0.461 e. The lowest BCUT2D eigenvalue weighted by atomic mass is 10.2. The molecule has 3 aromatic rings. The summed E-state index contributed by atoms with van der Waals surface area (Å²) in [6.07, 6.45) is 6.04. The lowest BCUT2D eigenvalue weighted by Crippen LogP contribution is -2.26. The van der Waals surface area contributed by atoms with Crippen molar-refractivity contribution < 1.29 is 9.53 Å². The van der Waals surface area contributed by atoms with E-state index in [1.54, 1.807) is 10.6 Å². The number of rotatable bonds is 9. The minimum atomic E-state index is -0.336. The summed E-state index contributed by atoms with van der Waals surface area (Å²) in [4.78, 5) is 29.4. The third-order valence-corrected chi connectivity index (χ3v) is 4.67. The number of hydrogen-bond acceptors (Lipinski definition) is 4. The summed E-state index contributed by atoms with van der Waals surface area (Å²) in [7, 11) is 0. The van der Waals surface area contributed by atoms with Gasteiger partial charge in [-0.25, -0.2) is 4.98 Å². The van der Waals surface area contributed by atoms with Gasteiger partial charge in [-0.05, 0) is 30.2 Å². The smallest absolute Gasteiger partial charge is 0.306 e. The summed E-state index contributed by atoms with van der Waals surface area (Å²) in [6.45, 7) is 2.96. The second-order valence-electron chi connectivity index (χ2n) is 6.85. The lowest BCUT2D eigenvalue weighted by Gasteiger charge is -2.11. The van der Waals surface area contributed by atoms with Gasteiger partial charge in [0.25, 0.3) is 5.56 Å². The predicted molar refractivity (Wildman–Crippen MR) is 116 cm³/mol. The Morgan fingerprint density at radius 1 is 1.10 bits per heavy atom. The quantitative estimate of drug-likeness (QED) is 0.509. The Labute approximate surface area is 170 Å². The first-order valence-corrected chi connectivity index (χ1v) is 10.0. The molecule has 0 aliphatic heterocycles. The maximum atomic E-state index is 12.9. The number of unbranched alkanes of at least 4 members (excludes halogenated alkanes) is 1. The molecule has 0 amide bonds. The molecule has 1 heterocycles. The lowest BCUT2D eigenvalue weighted by molar-refractivity contribution is -0.142. The molecule has 0 spiro atoms. The number of carbonyl (C=O) groups is 1. The zero-order valence-electron chi connectivity index (χ0n) is 16.7. The van der Waals surface area contributed by atoms with Crippen molar-refractivity contribution in [1.29, 1.82) is 0 Å². The van der Waals surface area contributed by atoms with E-state index in [0.29, 0.717) is 12.2 Å². The highest BCUT2D eigenvalue weighted by Gasteiger charge is 2.12. The highest BCUT2D eigenvalue weighted by molar-refractivity contribution is 5.75. The van der Waals surface area contributed by atoms with Gasteiger partial charge in [-0.2, -0.15) is 0 Å². The summed E-state index contributed by atoms with van der Waals surface area (Å²) in [5, 5.41) is 0. The van der Waals surface area contributed by atoms with Crippen molar-refractivity contribution in [2.45, 2.75) is 39.2 Å². The molecule has 150 valence electrons. The zero-order chi connectivity index (χ0) is 20.5. The Morgan fingerprint density at radius 2 is 1.86 bits per heavy atom. The van der Waals surface area contributed by atoms with Crippen molar-refractivity contribution in [3.63, 3.8) is 0 Å². The predicted octanol–water partition coefficient (Wildman–Crippen LogP) is 4.39. The average molecular weight is 390 g/mol. The van der Waals surface area contributed by atoms with E-state index < -0.39 is 0 Å². The summed E-state index contributed by atoms with van der Waals surface area (Å²) in [6, 6.07) is 17.4. The van der Waals surface area contributed by atoms with Crippen LogP contribution in [0.1, 0.15) is 37.4 Å². The van der Waals surface area contributed by atoms with Gasteiger partial charge < -0.3 is 9.30 Å². The van der Waals surface area contributed by atoms with Gasteiger partial charge in [-0.15, -0.1) is 0 Å². The van der Waals surface area contributed by atoms with E-state index in [1.807, 2.05) is 60.7 Å².